The minimum Gasteiger partial charge on any atom is -1.00 e. The van der Waals surface area contributed by atoms with Gasteiger partial charge in [0.05, 0.1) is 0 Å². The first-order chi connectivity index (χ1) is 1.41. The molecule has 0 heterocycles. The molecule has 0 fully saturated rings. The van der Waals surface area contributed by atoms with E-state index in [1.54, 1.807) is 0 Å². The molecule has 0 saturated heterocycles. The second-order valence-corrected chi connectivity index (χ2v) is 0.528. The third-order valence-corrected chi connectivity index (χ3v) is 0. The van der Waals surface area contributed by atoms with Gasteiger partial charge in [-0.3, -0.25) is 0 Å². The summed E-state index contributed by atoms with van der Waals surface area (Å²) in [5.74, 6) is 0. The standard InChI is InChI=1S/CO.2ClH.Pt/c1-2;;;/h;2*1H;/q;;;+2/p-2. The summed E-state index contributed by atoms with van der Waals surface area (Å²) in [6, 6.07) is 0. The molecule has 0 rings (SSSR count). The molecule has 0 aliphatic carbocycles. The van der Waals surface area contributed by atoms with Gasteiger partial charge in [0.15, 0.2) is 0 Å². The minimum atomic E-state index is 0. The molecule has 0 aromatic heterocycles. The van der Waals surface area contributed by atoms with Crippen LogP contribution in [0.25, 0.3) is 0 Å². The van der Waals surface area contributed by atoms with E-state index in [2.05, 4.69) is 0 Å². The van der Waals surface area contributed by atoms with E-state index >= 15 is 0 Å². The summed E-state index contributed by atoms with van der Waals surface area (Å²) >= 11 is 1.47. The van der Waals surface area contributed by atoms with Crippen molar-refractivity contribution in [2.45, 2.75) is 0 Å². The van der Waals surface area contributed by atoms with E-state index in [1.807, 2.05) is 0 Å². The van der Waals surface area contributed by atoms with E-state index < -0.39 is 0 Å². The molecule has 1 nitrogen and oxygen atoms in total. The fraction of sp³-hybridized carbons (Fsp3) is 0. The summed E-state index contributed by atoms with van der Waals surface area (Å²) in [5.41, 5.74) is 0. The first-order valence-corrected chi connectivity index (χ1v) is 1.50. The van der Waals surface area contributed by atoms with Crippen molar-refractivity contribution in [3.8, 4) is 0 Å². The van der Waals surface area contributed by atoms with Crippen LogP contribution in [-0.2, 0) is 24.1 Å². The predicted octanol–water partition coefficient (Wildman–Crippen LogP) is -6.39. The van der Waals surface area contributed by atoms with Gasteiger partial charge in [0.25, 0.3) is 0 Å². The van der Waals surface area contributed by atoms with Gasteiger partial charge in [-0.2, -0.15) is 0 Å². The van der Waals surface area contributed by atoms with Crippen molar-refractivity contribution in [3.63, 3.8) is 0 Å². The molecule has 0 aromatic rings. The molecule has 4 heteroatoms. The molecular formula is CCl2OPt. The molecule has 0 bridgehead atoms. The van der Waals surface area contributed by atoms with Gasteiger partial charge in [-0.1, -0.05) is 0 Å². The molecule has 34 valence electrons. The van der Waals surface area contributed by atoms with E-state index in [0.717, 1.165) is 0 Å². The zero-order chi connectivity index (χ0) is 2.71. The second-order valence-electron chi connectivity index (χ2n) is 0.0645. The van der Waals surface area contributed by atoms with Crippen molar-refractivity contribution < 1.29 is 49.0 Å². The van der Waals surface area contributed by atoms with Gasteiger partial charge < -0.3 is 24.8 Å². The number of carbonyl (C=O) groups excluding carboxylic acids is 1. The van der Waals surface area contributed by atoms with Crippen molar-refractivity contribution in [1.29, 1.82) is 0 Å². The van der Waals surface area contributed by atoms with Gasteiger partial charge in [-0.25, -0.2) is 0 Å². The Morgan fingerprint density at radius 1 is 1.40 bits per heavy atom. The average Bonchev–Trinajstić information content (AvgIpc) is 0.918. The van der Waals surface area contributed by atoms with Crippen molar-refractivity contribution in [1.82, 2.24) is 0 Å². The maximum atomic E-state index is 8.67. The molecule has 0 amide bonds. The van der Waals surface area contributed by atoms with Crippen molar-refractivity contribution in [3.05, 3.63) is 0 Å². The number of halogens is 2. The van der Waals surface area contributed by atoms with Crippen LogP contribution in [0, 0.1) is 0 Å². The molecule has 0 aromatic carbocycles. The van der Waals surface area contributed by atoms with Gasteiger partial charge >= 0.3 is 28.4 Å². The van der Waals surface area contributed by atoms with Gasteiger partial charge in [0, 0.05) is 0 Å². The zero-order valence-corrected chi connectivity index (χ0v) is 5.76. The number of hydrogen-bond acceptors (Lipinski definition) is 1. The van der Waals surface area contributed by atoms with Gasteiger partial charge in [0.2, 0.25) is 0 Å². The van der Waals surface area contributed by atoms with Crippen LogP contribution in [0.5, 0.6) is 0 Å². The summed E-state index contributed by atoms with van der Waals surface area (Å²) in [7, 11) is 0. The fourth-order valence-corrected chi connectivity index (χ4v) is 0. The third-order valence-electron chi connectivity index (χ3n) is 0. The summed E-state index contributed by atoms with van der Waals surface area (Å²) in [5, 5.41) is 0. The summed E-state index contributed by atoms with van der Waals surface area (Å²) in [6.45, 7) is 0. The average molecular weight is 294 g/mol. The molecule has 0 N–H and O–H groups in total. The van der Waals surface area contributed by atoms with Crippen LogP contribution in [0.2, 0.25) is 0 Å². The van der Waals surface area contributed by atoms with Crippen molar-refractivity contribution in [2.75, 3.05) is 0 Å². The predicted molar refractivity (Wildman–Crippen MR) is 5.69 cm³/mol. The summed E-state index contributed by atoms with van der Waals surface area (Å²) < 4.78 is 1.47. The quantitative estimate of drug-likeness (QED) is 0.434. The van der Waals surface area contributed by atoms with E-state index in [1.165, 1.54) is 23.6 Å². The van der Waals surface area contributed by atoms with E-state index in [4.69, 9.17) is 4.79 Å². The fourth-order valence-electron chi connectivity index (χ4n) is 0. The molecule has 0 aliphatic heterocycles. The van der Waals surface area contributed by atoms with Crippen LogP contribution < -0.4 is 24.8 Å². The Kier molecular flexibility index (Phi) is 71.2. The molecule has 0 saturated carbocycles. The number of rotatable bonds is 0. The molecular weight excluding hydrogens is 294 g/mol. The Morgan fingerprint density at radius 2 is 1.40 bits per heavy atom. The van der Waals surface area contributed by atoms with Crippen LogP contribution >= 0.6 is 0 Å². The Balaban J connectivity index is -0.0000000200. The molecule has 0 atom stereocenters. The maximum Gasteiger partial charge on any atom is -1.00 e. The first kappa shape index (κ1) is 16.9. The Morgan fingerprint density at radius 3 is 1.40 bits per heavy atom. The Hall–Kier alpha value is 0.848. The van der Waals surface area contributed by atoms with Gasteiger partial charge in [0.1, 0.15) is 0 Å². The largest absolute Gasteiger partial charge is 1.00 e. The van der Waals surface area contributed by atoms with Crippen LogP contribution in [0.1, 0.15) is 0 Å². The van der Waals surface area contributed by atoms with E-state index in [9.17, 15) is 0 Å². The summed E-state index contributed by atoms with van der Waals surface area (Å²) in [4.78, 5) is 8.67. The minimum absolute atomic E-state index is 0. The zero-order valence-electron chi connectivity index (χ0n) is 1.98. The second kappa shape index (κ2) is 21.0. The maximum absolute atomic E-state index is 8.67. The topological polar surface area (TPSA) is 17.1 Å². The Labute approximate surface area is 53.4 Å². The smallest absolute Gasteiger partial charge is 1.00 e. The third kappa shape index (κ3) is 54.7. The molecule has 0 radical (unpaired) electrons. The van der Waals surface area contributed by atoms with E-state index in [-0.39, 0.29) is 24.8 Å². The van der Waals surface area contributed by atoms with E-state index in [0.29, 0.717) is 0 Å². The number of hydrogen-bond donors (Lipinski definition) is 0. The molecule has 0 unspecified atom stereocenters. The van der Waals surface area contributed by atoms with Gasteiger partial charge in [-0.15, -0.1) is 0 Å². The monoisotopic (exact) mass is 293 g/mol. The van der Waals surface area contributed by atoms with Gasteiger partial charge in [-0.05, 0) is 0 Å². The first-order valence-electron chi connectivity index (χ1n) is 0.362. The summed E-state index contributed by atoms with van der Waals surface area (Å²) in [6.07, 6.45) is 0. The SMILES string of the molecule is O=[C]=[Pt+2].[Cl-].[Cl-]. The van der Waals surface area contributed by atoms with Crippen molar-refractivity contribution in [2.24, 2.45) is 0 Å². The molecule has 0 aliphatic rings. The molecule has 5 heavy (non-hydrogen) atoms. The van der Waals surface area contributed by atoms with Crippen LogP contribution in [-0.4, -0.2) is 4.27 Å². The van der Waals surface area contributed by atoms with Crippen LogP contribution in [0.4, 0.5) is 0 Å². The molecule has 0 spiro atoms. The van der Waals surface area contributed by atoms with Crippen molar-refractivity contribution >= 4 is 4.27 Å². The van der Waals surface area contributed by atoms with Crippen LogP contribution in [0.3, 0.4) is 0 Å². The Bertz CT molecular complexity index is 30.6. The normalized spacial score (nSPS) is 1.80. The van der Waals surface area contributed by atoms with Crippen LogP contribution in [0.15, 0.2) is 0 Å².